The molecule has 1 aliphatic rings. The topological polar surface area (TPSA) is 58.6 Å². The zero-order valence-electron chi connectivity index (χ0n) is 10.4. The molecule has 0 aliphatic carbocycles. The number of ether oxygens (including phenoxy) is 1. The largest absolute Gasteiger partial charge is 0.442 e. The van der Waals surface area contributed by atoms with Crippen molar-refractivity contribution in [2.24, 2.45) is 5.92 Å². The average Bonchev–Trinajstić information content (AvgIpc) is 2.94. The maximum Gasteiger partial charge on any atom is 0.415 e. The zero-order valence-corrected chi connectivity index (χ0v) is 11.2. The summed E-state index contributed by atoms with van der Waals surface area (Å²) in [5.74, 6) is -0.0869. The number of carbonyl (C=O) groups excluding carboxylic acids is 2. The van der Waals surface area contributed by atoms with Crippen molar-refractivity contribution in [1.29, 1.82) is 0 Å². The Balaban J connectivity index is 1.87. The minimum Gasteiger partial charge on any atom is -0.442 e. The zero-order chi connectivity index (χ0) is 13.1. The molecular formula is C12H16N2O3S. The van der Waals surface area contributed by atoms with Crippen molar-refractivity contribution < 1.29 is 14.3 Å². The number of cyclic esters (lactones) is 1. The fourth-order valence-corrected chi connectivity index (χ4v) is 2.38. The first-order chi connectivity index (χ1) is 8.58. The second kappa shape index (κ2) is 5.39. The van der Waals surface area contributed by atoms with Crippen molar-refractivity contribution in [3.63, 3.8) is 0 Å². The fourth-order valence-electron chi connectivity index (χ4n) is 1.65. The normalized spacial score (nSPS) is 19.2. The van der Waals surface area contributed by atoms with E-state index in [1.54, 1.807) is 4.90 Å². The van der Waals surface area contributed by atoms with E-state index < -0.39 is 0 Å². The van der Waals surface area contributed by atoms with Crippen molar-refractivity contribution in [2.45, 2.75) is 20.0 Å². The molecule has 1 atom stereocenters. The molecule has 1 fully saturated rings. The predicted octanol–water partition coefficient (Wildman–Crippen LogP) is 1.85. The molecule has 0 radical (unpaired) electrons. The number of nitrogens with one attached hydrogen (secondary N) is 1. The monoisotopic (exact) mass is 268 g/mol. The predicted molar refractivity (Wildman–Crippen MR) is 69.8 cm³/mol. The van der Waals surface area contributed by atoms with Crippen LogP contribution in [0.4, 0.5) is 9.80 Å². The lowest BCUT2D eigenvalue weighted by Gasteiger charge is -2.11. The van der Waals surface area contributed by atoms with Gasteiger partial charge in [0.05, 0.1) is 13.1 Å². The Morgan fingerprint density at radius 2 is 2.44 bits per heavy atom. The van der Waals surface area contributed by atoms with Crippen LogP contribution in [0.1, 0.15) is 13.8 Å². The van der Waals surface area contributed by atoms with Gasteiger partial charge in [-0.2, -0.15) is 0 Å². The van der Waals surface area contributed by atoms with Gasteiger partial charge in [0.1, 0.15) is 11.1 Å². The van der Waals surface area contributed by atoms with Crippen LogP contribution in [0.3, 0.4) is 0 Å². The molecule has 5 nitrogen and oxygen atoms in total. The van der Waals surface area contributed by atoms with Gasteiger partial charge < -0.3 is 10.1 Å². The third-order valence-electron chi connectivity index (χ3n) is 2.67. The van der Waals surface area contributed by atoms with E-state index in [0.29, 0.717) is 13.1 Å². The summed E-state index contributed by atoms with van der Waals surface area (Å²) in [6, 6.07) is 3.77. The highest BCUT2D eigenvalue weighted by atomic mass is 32.1. The molecule has 2 heterocycles. The van der Waals surface area contributed by atoms with Crippen LogP contribution in [0.2, 0.25) is 0 Å². The van der Waals surface area contributed by atoms with E-state index in [1.807, 2.05) is 31.4 Å². The number of nitrogens with zero attached hydrogens (tertiary/aromatic N) is 1. The summed E-state index contributed by atoms with van der Waals surface area (Å²) >= 11 is 1.49. The van der Waals surface area contributed by atoms with Crippen LogP contribution >= 0.6 is 11.3 Å². The van der Waals surface area contributed by atoms with E-state index in [4.69, 9.17) is 4.74 Å². The van der Waals surface area contributed by atoms with Crippen LogP contribution in [-0.2, 0) is 9.53 Å². The van der Waals surface area contributed by atoms with Crippen LogP contribution in [0.5, 0.6) is 0 Å². The first kappa shape index (κ1) is 12.9. The molecule has 0 aromatic carbocycles. The molecule has 1 unspecified atom stereocenters. The van der Waals surface area contributed by atoms with E-state index in [-0.39, 0.29) is 24.0 Å². The molecule has 6 heteroatoms. The van der Waals surface area contributed by atoms with E-state index in [2.05, 4.69) is 5.32 Å². The van der Waals surface area contributed by atoms with Gasteiger partial charge in [-0.1, -0.05) is 13.8 Å². The highest BCUT2D eigenvalue weighted by molar-refractivity contribution is 7.14. The minimum atomic E-state index is -0.346. The van der Waals surface area contributed by atoms with Gasteiger partial charge in [0.25, 0.3) is 0 Å². The molecule has 98 valence electrons. The van der Waals surface area contributed by atoms with Gasteiger partial charge in [-0.15, -0.1) is 11.3 Å². The van der Waals surface area contributed by atoms with Crippen molar-refractivity contribution >= 4 is 28.3 Å². The Hall–Kier alpha value is -1.56. The Morgan fingerprint density at radius 3 is 3.06 bits per heavy atom. The molecule has 2 rings (SSSR count). The lowest BCUT2D eigenvalue weighted by atomic mass is 10.2. The number of carbonyl (C=O) groups is 2. The Kier molecular flexibility index (Phi) is 3.86. The van der Waals surface area contributed by atoms with E-state index in [1.165, 1.54) is 11.3 Å². The van der Waals surface area contributed by atoms with E-state index in [9.17, 15) is 9.59 Å². The van der Waals surface area contributed by atoms with E-state index in [0.717, 1.165) is 5.00 Å². The number of thiophene rings is 1. The molecule has 1 N–H and O–H groups in total. The van der Waals surface area contributed by atoms with Crippen LogP contribution < -0.4 is 10.2 Å². The number of hydrogen-bond acceptors (Lipinski definition) is 4. The molecule has 18 heavy (non-hydrogen) atoms. The number of amides is 2. The van der Waals surface area contributed by atoms with Crippen LogP contribution in [0.15, 0.2) is 17.5 Å². The van der Waals surface area contributed by atoms with Crippen LogP contribution in [0.25, 0.3) is 0 Å². The van der Waals surface area contributed by atoms with Crippen LogP contribution in [-0.4, -0.2) is 31.2 Å². The minimum absolute atomic E-state index is 0.0272. The third-order valence-corrected chi connectivity index (χ3v) is 3.57. The van der Waals surface area contributed by atoms with E-state index >= 15 is 0 Å². The molecule has 1 aromatic rings. The Labute approximate surface area is 110 Å². The van der Waals surface area contributed by atoms with Crippen LogP contribution in [0, 0.1) is 5.92 Å². The first-order valence-corrected chi connectivity index (χ1v) is 6.75. The maximum atomic E-state index is 11.7. The Bertz CT molecular complexity index is 431. The molecule has 0 saturated carbocycles. The average molecular weight is 268 g/mol. The van der Waals surface area contributed by atoms with Gasteiger partial charge in [0, 0.05) is 5.92 Å². The molecule has 1 aromatic heterocycles. The summed E-state index contributed by atoms with van der Waals surface area (Å²) in [7, 11) is 0. The lowest BCUT2D eigenvalue weighted by Crippen LogP contribution is -2.36. The van der Waals surface area contributed by atoms with Gasteiger partial charge in [-0.05, 0) is 17.5 Å². The van der Waals surface area contributed by atoms with Crippen molar-refractivity contribution in [3.05, 3.63) is 17.5 Å². The standard InChI is InChI=1S/C12H16N2O3S/c1-8(2)11(15)13-6-9-7-14(12(16)17-9)10-4-3-5-18-10/h3-5,8-9H,6-7H2,1-2H3,(H,13,15). The highest BCUT2D eigenvalue weighted by Crippen LogP contribution is 2.25. The summed E-state index contributed by atoms with van der Waals surface area (Å²) in [4.78, 5) is 24.7. The molecule has 1 aliphatic heterocycles. The van der Waals surface area contributed by atoms with Gasteiger partial charge in [-0.25, -0.2) is 4.79 Å². The first-order valence-electron chi connectivity index (χ1n) is 5.87. The Morgan fingerprint density at radius 1 is 1.67 bits per heavy atom. The maximum absolute atomic E-state index is 11.7. The van der Waals surface area contributed by atoms with Crippen molar-refractivity contribution in [3.8, 4) is 0 Å². The van der Waals surface area contributed by atoms with Gasteiger partial charge in [0.15, 0.2) is 0 Å². The fraction of sp³-hybridized carbons (Fsp3) is 0.500. The molecule has 2 amide bonds. The number of anilines is 1. The van der Waals surface area contributed by atoms with Crippen molar-refractivity contribution in [1.82, 2.24) is 5.32 Å². The summed E-state index contributed by atoms with van der Waals surface area (Å²) in [6.45, 7) is 4.50. The molecular weight excluding hydrogens is 252 g/mol. The summed E-state index contributed by atoms with van der Waals surface area (Å²) < 4.78 is 5.21. The van der Waals surface area contributed by atoms with Gasteiger partial charge in [-0.3, -0.25) is 9.69 Å². The second-order valence-corrected chi connectivity index (χ2v) is 5.39. The summed E-state index contributed by atoms with van der Waals surface area (Å²) in [6.07, 6.45) is -0.622. The smallest absolute Gasteiger partial charge is 0.415 e. The van der Waals surface area contributed by atoms with Gasteiger partial charge in [0.2, 0.25) is 5.91 Å². The summed E-state index contributed by atoms with van der Waals surface area (Å²) in [5, 5.41) is 5.56. The second-order valence-electron chi connectivity index (χ2n) is 4.47. The van der Waals surface area contributed by atoms with Crippen molar-refractivity contribution in [2.75, 3.05) is 18.0 Å². The third kappa shape index (κ3) is 2.81. The highest BCUT2D eigenvalue weighted by Gasteiger charge is 2.32. The lowest BCUT2D eigenvalue weighted by molar-refractivity contribution is -0.124. The quantitative estimate of drug-likeness (QED) is 0.906. The summed E-state index contributed by atoms with van der Waals surface area (Å²) in [5.41, 5.74) is 0. The molecule has 1 saturated heterocycles. The number of rotatable bonds is 4. The molecule has 0 bridgehead atoms. The number of hydrogen-bond donors (Lipinski definition) is 1. The SMILES string of the molecule is CC(C)C(=O)NCC1CN(c2cccs2)C(=O)O1. The molecule has 0 spiro atoms. The van der Waals surface area contributed by atoms with Gasteiger partial charge >= 0.3 is 6.09 Å².